The molecule has 0 saturated heterocycles. The molecule has 0 radical (unpaired) electrons. The maximum atomic E-state index is 12.3. The van der Waals surface area contributed by atoms with Crippen LogP contribution in [0.4, 0.5) is 0 Å². The number of carbonyl (C=O) groups excluding carboxylic acids is 1. The standard InChI is InChI=1S/C19H23NO3S/c1-13(2)15-5-7-16(8-6-15)14(3)20-19(21)17-9-11-18(12-10-17)24(4,22)23/h5-14H,1-4H3,(H,20,21)/t14-/m1/s1. The molecule has 1 atom stereocenters. The van der Waals surface area contributed by atoms with Crippen molar-refractivity contribution in [2.75, 3.05) is 6.26 Å². The van der Waals surface area contributed by atoms with Gasteiger partial charge in [-0.1, -0.05) is 38.1 Å². The van der Waals surface area contributed by atoms with Gasteiger partial charge in [0.2, 0.25) is 0 Å². The Labute approximate surface area is 143 Å². The highest BCUT2D eigenvalue weighted by Crippen LogP contribution is 2.19. The largest absolute Gasteiger partial charge is 0.346 e. The summed E-state index contributed by atoms with van der Waals surface area (Å²) in [6, 6.07) is 14.0. The fraction of sp³-hybridized carbons (Fsp3) is 0.316. The molecule has 0 aliphatic carbocycles. The van der Waals surface area contributed by atoms with Crippen LogP contribution >= 0.6 is 0 Å². The van der Waals surface area contributed by atoms with E-state index in [1.807, 2.05) is 19.1 Å². The maximum Gasteiger partial charge on any atom is 0.251 e. The van der Waals surface area contributed by atoms with E-state index in [0.29, 0.717) is 11.5 Å². The zero-order valence-corrected chi connectivity index (χ0v) is 15.2. The molecule has 0 heterocycles. The first kappa shape index (κ1) is 18.2. The Balaban J connectivity index is 2.08. The zero-order valence-electron chi connectivity index (χ0n) is 14.4. The van der Waals surface area contributed by atoms with E-state index >= 15 is 0 Å². The lowest BCUT2D eigenvalue weighted by Crippen LogP contribution is -2.26. The van der Waals surface area contributed by atoms with Crippen LogP contribution in [0.25, 0.3) is 0 Å². The summed E-state index contributed by atoms with van der Waals surface area (Å²) in [5.74, 6) is 0.243. The molecule has 1 amide bonds. The second-order valence-corrected chi connectivity index (χ2v) is 8.33. The smallest absolute Gasteiger partial charge is 0.251 e. The lowest BCUT2D eigenvalue weighted by atomic mass is 9.99. The van der Waals surface area contributed by atoms with Crippen molar-refractivity contribution in [3.05, 3.63) is 65.2 Å². The highest BCUT2D eigenvalue weighted by Gasteiger charge is 2.13. The van der Waals surface area contributed by atoms with Crippen LogP contribution in [0.2, 0.25) is 0 Å². The molecule has 2 aromatic rings. The molecular formula is C19H23NO3S. The second-order valence-electron chi connectivity index (χ2n) is 6.31. The van der Waals surface area contributed by atoms with Crippen molar-refractivity contribution < 1.29 is 13.2 Å². The van der Waals surface area contributed by atoms with Crippen molar-refractivity contribution in [1.82, 2.24) is 5.32 Å². The minimum atomic E-state index is -3.25. The number of sulfone groups is 1. The molecule has 0 bridgehead atoms. The van der Waals surface area contributed by atoms with Crippen LogP contribution in [-0.4, -0.2) is 20.6 Å². The normalized spacial score (nSPS) is 12.9. The van der Waals surface area contributed by atoms with Gasteiger partial charge in [0, 0.05) is 11.8 Å². The number of nitrogens with one attached hydrogen (secondary N) is 1. The van der Waals surface area contributed by atoms with Crippen LogP contribution in [0.1, 0.15) is 54.2 Å². The Bertz CT molecular complexity index is 807. The highest BCUT2D eigenvalue weighted by molar-refractivity contribution is 7.90. The topological polar surface area (TPSA) is 63.2 Å². The monoisotopic (exact) mass is 345 g/mol. The molecule has 2 aromatic carbocycles. The van der Waals surface area contributed by atoms with Gasteiger partial charge in [0.1, 0.15) is 0 Å². The molecule has 4 nitrogen and oxygen atoms in total. The Morgan fingerprint density at radius 2 is 1.38 bits per heavy atom. The van der Waals surface area contributed by atoms with Crippen LogP contribution in [0.15, 0.2) is 53.4 Å². The molecule has 0 saturated carbocycles. The third-order valence-corrected chi connectivity index (χ3v) is 5.12. The maximum absolute atomic E-state index is 12.3. The number of carbonyl (C=O) groups is 1. The first-order chi connectivity index (χ1) is 11.2. The van der Waals surface area contributed by atoms with Crippen LogP contribution in [-0.2, 0) is 9.84 Å². The molecule has 0 aliphatic heterocycles. The molecule has 2 rings (SSSR count). The summed E-state index contributed by atoms with van der Waals surface area (Å²) in [7, 11) is -3.25. The minimum absolute atomic E-state index is 0.131. The summed E-state index contributed by atoms with van der Waals surface area (Å²) >= 11 is 0. The molecule has 0 aliphatic rings. The van der Waals surface area contributed by atoms with Gasteiger partial charge in [0.15, 0.2) is 9.84 Å². The molecular weight excluding hydrogens is 322 g/mol. The van der Waals surface area contributed by atoms with E-state index in [4.69, 9.17) is 0 Å². The molecule has 0 fully saturated rings. The molecule has 1 N–H and O–H groups in total. The number of benzene rings is 2. The molecule has 24 heavy (non-hydrogen) atoms. The van der Waals surface area contributed by atoms with Crippen molar-refractivity contribution >= 4 is 15.7 Å². The van der Waals surface area contributed by atoms with Crippen molar-refractivity contribution in [1.29, 1.82) is 0 Å². The van der Waals surface area contributed by atoms with Gasteiger partial charge in [0.25, 0.3) is 5.91 Å². The van der Waals surface area contributed by atoms with Gasteiger partial charge in [-0.2, -0.15) is 0 Å². The summed E-state index contributed by atoms with van der Waals surface area (Å²) in [4.78, 5) is 12.5. The zero-order chi connectivity index (χ0) is 17.9. The van der Waals surface area contributed by atoms with E-state index in [9.17, 15) is 13.2 Å². The Kier molecular flexibility index (Phi) is 5.44. The summed E-state index contributed by atoms with van der Waals surface area (Å²) in [5.41, 5.74) is 2.72. The Morgan fingerprint density at radius 3 is 1.83 bits per heavy atom. The van der Waals surface area contributed by atoms with Crippen molar-refractivity contribution in [3.63, 3.8) is 0 Å². The van der Waals surface area contributed by atoms with Gasteiger partial charge in [-0.15, -0.1) is 0 Å². The summed E-state index contributed by atoms with van der Waals surface area (Å²) < 4.78 is 22.9. The third-order valence-electron chi connectivity index (χ3n) is 4.00. The van der Waals surface area contributed by atoms with Gasteiger partial charge in [-0.25, -0.2) is 8.42 Å². The number of amides is 1. The highest BCUT2D eigenvalue weighted by atomic mass is 32.2. The van der Waals surface area contributed by atoms with Crippen molar-refractivity contribution in [2.45, 2.75) is 37.6 Å². The number of hydrogen-bond acceptors (Lipinski definition) is 3. The van der Waals surface area contributed by atoms with Crippen LogP contribution in [0.5, 0.6) is 0 Å². The van der Waals surface area contributed by atoms with E-state index in [2.05, 4.69) is 31.3 Å². The van der Waals surface area contributed by atoms with Crippen LogP contribution in [0.3, 0.4) is 0 Å². The van der Waals surface area contributed by atoms with E-state index in [1.54, 1.807) is 0 Å². The lowest BCUT2D eigenvalue weighted by Gasteiger charge is -2.15. The van der Waals surface area contributed by atoms with Gasteiger partial charge in [0.05, 0.1) is 10.9 Å². The predicted octanol–water partition coefficient (Wildman–Crippen LogP) is 3.70. The summed E-state index contributed by atoms with van der Waals surface area (Å²) in [6.07, 6.45) is 1.14. The van der Waals surface area contributed by atoms with E-state index in [1.165, 1.54) is 29.8 Å². The lowest BCUT2D eigenvalue weighted by molar-refractivity contribution is 0.0940. The second kappa shape index (κ2) is 7.18. The predicted molar refractivity (Wildman–Crippen MR) is 96.0 cm³/mol. The first-order valence-electron chi connectivity index (χ1n) is 7.89. The molecule has 0 unspecified atom stereocenters. The summed E-state index contributed by atoms with van der Waals surface area (Å²) in [6.45, 7) is 6.20. The van der Waals surface area contributed by atoms with Crippen molar-refractivity contribution in [2.24, 2.45) is 0 Å². The Hall–Kier alpha value is -2.14. The molecule has 128 valence electrons. The minimum Gasteiger partial charge on any atom is -0.346 e. The average molecular weight is 345 g/mol. The van der Waals surface area contributed by atoms with Crippen LogP contribution in [0, 0.1) is 0 Å². The SMILES string of the molecule is CC(C)c1ccc([C@@H](C)NC(=O)c2ccc(S(C)(=O)=O)cc2)cc1. The van der Waals surface area contributed by atoms with E-state index in [-0.39, 0.29) is 16.8 Å². The van der Waals surface area contributed by atoms with E-state index < -0.39 is 9.84 Å². The van der Waals surface area contributed by atoms with Gasteiger partial charge >= 0.3 is 0 Å². The van der Waals surface area contributed by atoms with Crippen molar-refractivity contribution in [3.8, 4) is 0 Å². The fourth-order valence-electron chi connectivity index (χ4n) is 2.39. The molecule has 0 spiro atoms. The molecule has 5 heteroatoms. The van der Waals surface area contributed by atoms with Gasteiger partial charge < -0.3 is 5.32 Å². The summed E-state index contributed by atoms with van der Waals surface area (Å²) in [5, 5.41) is 2.93. The molecule has 0 aromatic heterocycles. The first-order valence-corrected chi connectivity index (χ1v) is 9.78. The van der Waals surface area contributed by atoms with E-state index in [0.717, 1.165) is 11.8 Å². The number of rotatable bonds is 5. The fourth-order valence-corrected chi connectivity index (χ4v) is 3.02. The van der Waals surface area contributed by atoms with Gasteiger partial charge in [-0.3, -0.25) is 4.79 Å². The third kappa shape index (κ3) is 4.45. The number of hydrogen-bond donors (Lipinski definition) is 1. The van der Waals surface area contributed by atoms with Gasteiger partial charge in [-0.05, 0) is 48.2 Å². The average Bonchev–Trinajstić information content (AvgIpc) is 2.54. The quantitative estimate of drug-likeness (QED) is 0.898. The Morgan fingerprint density at radius 1 is 0.875 bits per heavy atom. The van der Waals surface area contributed by atoms with Crippen LogP contribution < -0.4 is 5.32 Å².